The number of aryl methyl sites for hydroxylation is 1. The number of ether oxygens (including phenoxy) is 2. The van der Waals surface area contributed by atoms with Crippen molar-refractivity contribution in [1.82, 2.24) is 5.43 Å². The molecule has 0 spiro atoms. The number of para-hydroxylation sites is 1. The maximum absolute atomic E-state index is 11.9. The van der Waals surface area contributed by atoms with Crippen LogP contribution in [0.15, 0.2) is 47.6 Å². The molecule has 2 rings (SSSR count). The topological polar surface area (TPSA) is 109 Å². The lowest BCUT2D eigenvalue weighted by Crippen LogP contribution is -2.24. The largest absolute Gasteiger partial charge is 0.490 e. The molecule has 8 nitrogen and oxygen atoms in total. The zero-order valence-corrected chi connectivity index (χ0v) is 15.1. The molecule has 0 unspecified atom stereocenters. The number of hydrogen-bond donors (Lipinski definition) is 3. The molecule has 2 aromatic rings. The Morgan fingerprint density at radius 1 is 1.15 bits per heavy atom. The van der Waals surface area contributed by atoms with Crippen LogP contribution in [0.3, 0.4) is 0 Å². The highest BCUT2D eigenvalue weighted by atomic mass is 16.5. The Balaban J connectivity index is 1.99. The molecule has 0 heterocycles. The fraction of sp³-hybridized carbons (Fsp3) is 0.211. The fourth-order valence-corrected chi connectivity index (χ4v) is 2.16. The number of urea groups is 1. The van der Waals surface area contributed by atoms with Crippen molar-refractivity contribution in [2.45, 2.75) is 13.8 Å². The van der Waals surface area contributed by atoms with Crippen LogP contribution in [-0.2, 0) is 4.79 Å². The summed E-state index contributed by atoms with van der Waals surface area (Å²) in [6, 6.07) is 11.8. The van der Waals surface area contributed by atoms with Crippen LogP contribution in [0.2, 0.25) is 0 Å². The first-order valence-electron chi connectivity index (χ1n) is 8.26. The van der Waals surface area contributed by atoms with Crippen LogP contribution in [0.4, 0.5) is 10.5 Å². The Labute approximate surface area is 156 Å². The van der Waals surface area contributed by atoms with E-state index in [1.54, 1.807) is 31.2 Å². The van der Waals surface area contributed by atoms with Gasteiger partial charge in [-0.3, -0.25) is 0 Å². The van der Waals surface area contributed by atoms with E-state index in [2.05, 4.69) is 15.8 Å². The quantitative estimate of drug-likeness (QED) is 0.488. The molecule has 0 aliphatic heterocycles. The van der Waals surface area contributed by atoms with E-state index in [4.69, 9.17) is 14.6 Å². The van der Waals surface area contributed by atoms with Crippen LogP contribution in [-0.4, -0.2) is 36.5 Å². The Hall–Kier alpha value is -3.55. The molecular formula is C19H21N3O5. The van der Waals surface area contributed by atoms with Gasteiger partial charge in [0.25, 0.3) is 0 Å². The molecule has 142 valence electrons. The maximum Gasteiger partial charge on any atom is 0.341 e. The number of aliphatic carboxylic acids is 1. The summed E-state index contributed by atoms with van der Waals surface area (Å²) in [6.45, 7) is 3.62. The van der Waals surface area contributed by atoms with Gasteiger partial charge >= 0.3 is 12.0 Å². The smallest absolute Gasteiger partial charge is 0.341 e. The van der Waals surface area contributed by atoms with Crippen LogP contribution in [0.1, 0.15) is 18.1 Å². The van der Waals surface area contributed by atoms with Gasteiger partial charge in [0.2, 0.25) is 0 Å². The standard InChI is InChI=1S/C19H21N3O5/c1-3-26-17-10-14(8-9-16(17)27-12-18(23)24)11-20-22-19(25)21-15-7-5-4-6-13(15)2/h4-11H,3,12H2,1-2H3,(H,23,24)(H2,21,22,25). The van der Waals surface area contributed by atoms with E-state index >= 15 is 0 Å². The third-order valence-electron chi connectivity index (χ3n) is 3.39. The van der Waals surface area contributed by atoms with Crippen molar-refractivity contribution in [3.63, 3.8) is 0 Å². The van der Waals surface area contributed by atoms with Crippen LogP contribution < -0.4 is 20.2 Å². The van der Waals surface area contributed by atoms with Gasteiger partial charge in [0.1, 0.15) is 0 Å². The molecule has 0 fully saturated rings. The number of amides is 2. The zero-order chi connectivity index (χ0) is 19.6. The van der Waals surface area contributed by atoms with Crippen LogP contribution in [0.25, 0.3) is 0 Å². The summed E-state index contributed by atoms with van der Waals surface area (Å²) < 4.78 is 10.6. The lowest BCUT2D eigenvalue weighted by Gasteiger charge is -2.11. The van der Waals surface area contributed by atoms with Gasteiger partial charge in [-0.15, -0.1) is 0 Å². The summed E-state index contributed by atoms with van der Waals surface area (Å²) in [6.07, 6.45) is 1.45. The number of carboxylic acid groups (broad SMARTS) is 1. The molecule has 0 radical (unpaired) electrons. The first-order valence-corrected chi connectivity index (χ1v) is 8.26. The Kier molecular flexibility index (Phi) is 7.18. The lowest BCUT2D eigenvalue weighted by atomic mass is 10.2. The van der Waals surface area contributed by atoms with Gasteiger partial charge in [0.15, 0.2) is 18.1 Å². The SMILES string of the molecule is CCOc1cc(C=NNC(=O)Nc2ccccc2C)ccc1OCC(=O)O. The Bertz CT molecular complexity index is 836. The number of anilines is 1. The second kappa shape index (κ2) is 9.81. The number of benzene rings is 2. The normalized spacial score (nSPS) is 10.4. The number of rotatable bonds is 8. The van der Waals surface area contributed by atoms with Gasteiger partial charge in [-0.1, -0.05) is 18.2 Å². The zero-order valence-electron chi connectivity index (χ0n) is 15.1. The first-order chi connectivity index (χ1) is 13.0. The number of nitrogens with one attached hydrogen (secondary N) is 2. The first kappa shape index (κ1) is 19.8. The van der Waals surface area contributed by atoms with E-state index < -0.39 is 18.6 Å². The summed E-state index contributed by atoms with van der Waals surface area (Å²) >= 11 is 0. The number of carbonyl (C=O) groups excluding carboxylic acids is 1. The van der Waals surface area contributed by atoms with Gasteiger partial charge in [0.05, 0.1) is 12.8 Å². The number of hydrogen-bond acceptors (Lipinski definition) is 5. The minimum absolute atomic E-state index is 0.321. The molecule has 2 aromatic carbocycles. The third-order valence-corrected chi connectivity index (χ3v) is 3.39. The molecule has 0 atom stereocenters. The Morgan fingerprint density at radius 2 is 1.93 bits per heavy atom. The van der Waals surface area contributed by atoms with Gasteiger partial charge in [-0.05, 0) is 49.2 Å². The van der Waals surface area contributed by atoms with E-state index in [0.717, 1.165) is 5.56 Å². The molecule has 0 bridgehead atoms. The van der Waals surface area contributed by atoms with Crippen molar-refractivity contribution in [2.24, 2.45) is 5.10 Å². The predicted molar refractivity (Wildman–Crippen MR) is 102 cm³/mol. The fourth-order valence-electron chi connectivity index (χ4n) is 2.16. The maximum atomic E-state index is 11.9. The second-order valence-electron chi connectivity index (χ2n) is 5.46. The molecule has 8 heteroatoms. The van der Waals surface area contributed by atoms with E-state index in [9.17, 15) is 9.59 Å². The van der Waals surface area contributed by atoms with Gasteiger partial charge in [0, 0.05) is 5.69 Å². The third kappa shape index (κ3) is 6.35. The molecular weight excluding hydrogens is 350 g/mol. The molecule has 3 N–H and O–H groups in total. The minimum atomic E-state index is -1.08. The summed E-state index contributed by atoms with van der Waals surface area (Å²) in [5.74, 6) is -0.360. The van der Waals surface area contributed by atoms with E-state index in [-0.39, 0.29) is 0 Å². The lowest BCUT2D eigenvalue weighted by molar-refractivity contribution is -0.139. The summed E-state index contributed by atoms with van der Waals surface area (Å²) in [5.41, 5.74) is 4.67. The van der Waals surface area contributed by atoms with Crippen molar-refractivity contribution in [3.05, 3.63) is 53.6 Å². The average Bonchev–Trinajstić information content (AvgIpc) is 2.63. The van der Waals surface area contributed by atoms with Crippen LogP contribution in [0.5, 0.6) is 11.5 Å². The average molecular weight is 371 g/mol. The molecule has 0 aliphatic carbocycles. The van der Waals surface area contributed by atoms with Crippen molar-refractivity contribution in [3.8, 4) is 11.5 Å². The van der Waals surface area contributed by atoms with Gasteiger partial charge in [-0.2, -0.15) is 5.10 Å². The molecule has 2 amide bonds. The number of carbonyl (C=O) groups is 2. The van der Waals surface area contributed by atoms with Gasteiger partial charge in [-0.25, -0.2) is 15.0 Å². The number of hydrazone groups is 1. The highest BCUT2D eigenvalue weighted by Crippen LogP contribution is 2.28. The summed E-state index contributed by atoms with van der Waals surface area (Å²) in [4.78, 5) is 22.5. The highest BCUT2D eigenvalue weighted by Gasteiger charge is 2.08. The molecule has 0 aromatic heterocycles. The number of nitrogens with zero attached hydrogens (tertiary/aromatic N) is 1. The monoisotopic (exact) mass is 371 g/mol. The van der Waals surface area contributed by atoms with Crippen LogP contribution in [0, 0.1) is 6.92 Å². The summed E-state index contributed by atoms with van der Waals surface area (Å²) in [7, 11) is 0. The van der Waals surface area contributed by atoms with Crippen molar-refractivity contribution in [2.75, 3.05) is 18.5 Å². The van der Waals surface area contributed by atoms with Crippen molar-refractivity contribution in [1.29, 1.82) is 0 Å². The van der Waals surface area contributed by atoms with Crippen molar-refractivity contribution < 1.29 is 24.2 Å². The molecule has 0 saturated heterocycles. The van der Waals surface area contributed by atoms with E-state index in [0.29, 0.717) is 29.4 Å². The predicted octanol–water partition coefficient (Wildman–Crippen LogP) is 3.01. The van der Waals surface area contributed by atoms with E-state index in [1.165, 1.54) is 6.21 Å². The summed E-state index contributed by atoms with van der Waals surface area (Å²) in [5, 5.41) is 15.3. The number of carboxylic acids is 1. The highest BCUT2D eigenvalue weighted by molar-refractivity contribution is 5.91. The Morgan fingerprint density at radius 3 is 2.63 bits per heavy atom. The van der Waals surface area contributed by atoms with E-state index in [1.807, 2.05) is 25.1 Å². The molecule has 0 saturated carbocycles. The van der Waals surface area contributed by atoms with Crippen molar-refractivity contribution >= 4 is 23.9 Å². The van der Waals surface area contributed by atoms with Gasteiger partial charge < -0.3 is 19.9 Å². The molecule has 27 heavy (non-hydrogen) atoms. The minimum Gasteiger partial charge on any atom is -0.490 e. The molecule has 0 aliphatic rings. The van der Waals surface area contributed by atoms with Crippen LogP contribution >= 0.6 is 0 Å². The second-order valence-corrected chi connectivity index (χ2v) is 5.46.